The van der Waals surface area contributed by atoms with Gasteiger partial charge in [-0.1, -0.05) is 60.7 Å². The fraction of sp³-hybridized carbons (Fsp3) is 0.548. The van der Waals surface area contributed by atoms with Crippen LogP contribution in [0, 0.1) is 0 Å². The van der Waals surface area contributed by atoms with Gasteiger partial charge in [-0.3, -0.25) is 0 Å². The van der Waals surface area contributed by atoms with Gasteiger partial charge in [0.05, 0.1) is 30.4 Å². The second kappa shape index (κ2) is 15.7. The Morgan fingerprint density at radius 1 is 0.707 bits per heavy atom. The molecule has 0 aliphatic heterocycles. The van der Waals surface area contributed by atoms with E-state index >= 15 is 0 Å². The molecule has 0 saturated heterocycles. The van der Waals surface area contributed by atoms with E-state index in [9.17, 15) is 24.9 Å². The van der Waals surface area contributed by atoms with Crippen LogP contribution in [-0.2, 0) is 22.3 Å². The van der Waals surface area contributed by atoms with Crippen molar-refractivity contribution in [2.24, 2.45) is 0 Å². The second-order valence-electron chi connectivity index (χ2n) is 11.8. The minimum absolute atomic E-state index is 0.0408. The molecule has 0 bridgehead atoms. The van der Waals surface area contributed by atoms with Gasteiger partial charge in [-0.15, -0.1) is 0 Å². The molecule has 0 radical (unpaired) electrons. The third kappa shape index (κ3) is 12.9. The zero-order valence-corrected chi connectivity index (χ0v) is 25.0. The predicted molar refractivity (Wildman–Crippen MR) is 157 cm³/mol. The molecule has 0 aliphatic carbocycles. The van der Waals surface area contributed by atoms with Crippen LogP contribution in [0.4, 0.5) is 9.59 Å². The number of carbonyl (C=O) groups excluding carboxylic acids is 2. The van der Waals surface area contributed by atoms with Gasteiger partial charge in [-0.2, -0.15) is 0 Å². The zero-order valence-electron chi connectivity index (χ0n) is 25.0. The molecule has 0 saturated carbocycles. The van der Waals surface area contributed by atoms with Crippen LogP contribution in [0.3, 0.4) is 0 Å². The average Bonchev–Trinajstić information content (AvgIpc) is 2.87. The molecule has 5 atom stereocenters. The Bertz CT molecular complexity index is 1060. The highest BCUT2D eigenvalue weighted by Crippen LogP contribution is 2.16. The van der Waals surface area contributed by atoms with E-state index in [0.717, 1.165) is 11.1 Å². The number of rotatable bonds is 14. The van der Waals surface area contributed by atoms with Crippen molar-refractivity contribution in [1.82, 2.24) is 16.0 Å². The SMILES string of the molecule is C[C@@H](O)C(C)(C)OC(=O)N[C@@H](Cc1ccccc1)[C@H](O)CNC[C@@H](O)[C@H](Cc1ccccc1)NC(=O)OC(C)(C)C. The summed E-state index contributed by atoms with van der Waals surface area (Å²) in [6.45, 7) is 10.1. The van der Waals surface area contributed by atoms with E-state index in [0.29, 0.717) is 12.8 Å². The van der Waals surface area contributed by atoms with Crippen LogP contribution in [-0.4, -0.2) is 82.2 Å². The molecule has 6 N–H and O–H groups in total. The first kappa shape index (κ1) is 34.0. The lowest BCUT2D eigenvalue weighted by molar-refractivity contribution is -0.0513. The number of alkyl carbamates (subject to hydrolysis) is 2. The van der Waals surface area contributed by atoms with E-state index in [-0.39, 0.29) is 13.1 Å². The van der Waals surface area contributed by atoms with Crippen molar-refractivity contribution in [3.63, 3.8) is 0 Å². The molecular weight excluding hydrogens is 526 g/mol. The molecular formula is C31H47N3O7. The normalized spacial score (nSPS) is 15.6. The minimum atomic E-state index is -1.12. The first-order valence-electron chi connectivity index (χ1n) is 14.0. The molecule has 41 heavy (non-hydrogen) atoms. The maximum atomic E-state index is 12.6. The van der Waals surface area contributed by atoms with Crippen molar-refractivity contribution < 1.29 is 34.4 Å². The third-order valence-corrected chi connectivity index (χ3v) is 6.60. The molecule has 0 unspecified atom stereocenters. The Balaban J connectivity index is 2.05. The molecule has 0 aromatic heterocycles. The number of hydrogen-bond acceptors (Lipinski definition) is 8. The summed E-state index contributed by atoms with van der Waals surface area (Å²) in [5.41, 5.74) is 0.0134. The summed E-state index contributed by atoms with van der Waals surface area (Å²) in [5, 5.41) is 40.5. The Hall–Kier alpha value is -3.18. The molecule has 0 aliphatic rings. The van der Waals surface area contributed by atoms with Crippen LogP contribution in [0.5, 0.6) is 0 Å². The fourth-order valence-corrected chi connectivity index (χ4v) is 3.93. The van der Waals surface area contributed by atoms with E-state index in [4.69, 9.17) is 9.47 Å². The zero-order chi connectivity index (χ0) is 30.6. The van der Waals surface area contributed by atoms with Crippen LogP contribution in [0.1, 0.15) is 52.7 Å². The Morgan fingerprint density at radius 3 is 1.46 bits per heavy atom. The first-order valence-corrected chi connectivity index (χ1v) is 14.0. The lowest BCUT2D eigenvalue weighted by Crippen LogP contribution is -2.53. The van der Waals surface area contributed by atoms with Gasteiger partial charge in [-0.05, 0) is 65.5 Å². The molecule has 0 fully saturated rings. The number of aliphatic hydroxyl groups excluding tert-OH is 3. The molecule has 0 heterocycles. The summed E-state index contributed by atoms with van der Waals surface area (Å²) in [6, 6.07) is 17.5. The molecule has 2 amide bonds. The van der Waals surface area contributed by atoms with E-state index in [1.807, 2.05) is 60.7 Å². The van der Waals surface area contributed by atoms with Crippen LogP contribution in [0.2, 0.25) is 0 Å². The van der Waals surface area contributed by atoms with Crippen molar-refractivity contribution in [1.29, 1.82) is 0 Å². The molecule has 10 nitrogen and oxygen atoms in total. The highest BCUT2D eigenvalue weighted by molar-refractivity contribution is 5.68. The number of amides is 2. The van der Waals surface area contributed by atoms with Crippen molar-refractivity contribution in [2.45, 2.75) is 96.0 Å². The standard InChI is InChI=1S/C31H47N3O7/c1-21(35)31(5,6)41-29(39)34-25(18-23-15-11-8-12-16-23)27(37)20-32-19-26(36)24(17-22-13-9-7-10-14-22)33-28(38)40-30(2,3)4/h7-16,21,24-27,32,35-37H,17-20H2,1-6H3,(H,33,38)(H,34,39)/t21-,24+,25+,26-,27-/m1/s1. The smallest absolute Gasteiger partial charge is 0.408 e. The number of carbonyl (C=O) groups is 2. The van der Waals surface area contributed by atoms with Crippen molar-refractivity contribution in [3.05, 3.63) is 71.8 Å². The summed E-state index contributed by atoms with van der Waals surface area (Å²) in [4.78, 5) is 25.1. The molecule has 2 aromatic carbocycles. The van der Waals surface area contributed by atoms with E-state index in [1.54, 1.807) is 34.6 Å². The largest absolute Gasteiger partial charge is 0.444 e. The second-order valence-corrected chi connectivity index (χ2v) is 11.8. The Labute approximate surface area is 243 Å². The van der Waals surface area contributed by atoms with Crippen LogP contribution in [0.25, 0.3) is 0 Å². The summed E-state index contributed by atoms with van der Waals surface area (Å²) in [5.74, 6) is 0. The quantitative estimate of drug-likeness (QED) is 0.202. The summed E-state index contributed by atoms with van der Waals surface area (Å²) < 4.78 is 10.8. The summed E-state index contributed by atoms with van der Waals surface area (Å²) >= 11 is 0. The fourth-order valence-electron chi connectivity index (χ4n) is 3.93. The van der Waals surface area contributed by atoms with Gasteiger partial charge < -0.3 is 40.7 Å². The van der Waals surface area contributed by atoms with E-state index in [1.165, 1.54) is 6.92 Å². The van der Waals surface area contributed by atoms with Gasteiger partial charge >= 0.3 is 12.2 Å². The van der Waals surface area contributed by atoms with Gasteiger partial charge in [0.2, 0.25) is 0 Å². The molecule has 228 valence electrons. The topological polar surface area (TPSA) is 149 Å². The van der Waals surface area contributed by atoms with Crippen LogP contribution >= 0.6 is 0 Å². The number of hydrogen-bond donors (Lipinski definition) is 6. The van der Waals surface area contributed by atoms with Crippen LogP contribution in [0.15, 0.2) is 60.7 Å². The number of nitrogens with one attached hydrogen (secondary N) is 3. The average molecular weight is 574 g/mol. The van der Waals surface area contributed by atoms with Gasteiger partial charge in [0.25, 0.3) is 0 Å². The lowest BCUT2D eigenvalue weighted by atomic mass is 10.00. The van der Waals surface area contributed by atoms with Crippen molar-refractivity contribution >= 4 is 12.2 Å². The number of benzene rings is 2. The van der Waals surface area contributed by atoms with E-state index < -0.39 is 53.8 Å². The molecule has 10 heteroatoms. The van der Waals surface area contributed by atoms with Gasteiger partial charge in [0.1, 0.15) is 11.2 Å². The Kier molecular flexibility index (Phi) is 13.0. The first-order chi connectivity index (χ1) is 19.2. The van der Waals surface area contributed by atoms with E-state index in [2.05, 4.69) is 16.0 Å². The summed E-state index contributed by atoms with van der Waals surface area (Å²) in [6.07, 6.45) is -3.65. The highest BCUT2D eigenvalue weighted by Gasteiger charge is 2.31. The maximum absolute atomic E-state index is 12.6. The monoisotopic (exact) mass is 573 g/mol. The molecule has 0 spiro atoms. The minimum Gasteiger partial charge on any atom is -0.444 e. The van der Waals surface area contributed by atoms with Gasteiger partial charge in [0.15, 0.2) is 0 Å². The number of ether oxygens (including phenoxy) is 2. The summed E-state index contributed by atoms with van der Waals surface area (Å²) in [7, 11) is 0. The van der Waals surface area contributed by atoms with Gasteiger partial charge in [0, 0.05) is 13.1 Å². The third-order valence-electron chi connectivity index (χ3n) is 6.60. The van der Waals surface area contributed by atoms with Gasteiger partial charge in [-0.25, -0.2) is 9.59 Å². The Morgan fingerprint density at radius 2 is 1.10 bits per heavy atom. The molecule has 2 rings (SSSR count). The highest BCUT2D eigenvalue weighted by atomic mass is 16.6. The van der Waals surface area contributed by atoms with Crippen molar-refractivity contribution in [3.8, 4) is 0 Å². The molecule has 2 aromatic rings. The lowest BCUT2D eigenvalue weighted by Gasteiger charge is -2.31. The maximum Gasteiger partial charge on any atom is 0.408 e. The van der Waals surface area contributed by atoms with Crippen LogP contribution < -0.4 is 16.0 Å². The van der Waals surface area contributed by atoms with Crippen molar-refractivity contribution in [2.75, 3.05) is 13.1 Å². The number of aliphatic hydroxyl groups is 3. The predicted octanol–water partition coefficient (Wildman–Crippen LogP) is 2.93.